The van der Waals surface area contributed by atoms with Gasteiger partial charge in [0.2, 0.25) is 10.0 Å². The van der Waals surface area contributed by atoms with Crippen LogP contribution in [0.2, 0.25) is 0 Å². The third kappa shape index (κ3) is 2.74. The molecule has 1 aliphatic rings. The molecule has 0 spiro atoms. The number of hydrogen-bond donors (Lipinski definition) is 1. The van der Waals surface area contributed by atoms with Gasteiger partial charge in [0.1, 0.15) is 11.3 Å². The predicted molar refractivity (Wildman–Crippen MR) is 84.0 cm³/mol. The molecule has 1 aromatic heterocycles. The van der Waals surface area contributed by atoms with Crippen LogP contribution in [0.25, 0.3) is 11.0 Å². The zero-order valence-electron chi connectivity index (χ0n) is 10.4. The van der Waals surface area contributed by atoms with Crippen LogP contribution < -0.4 is 4.72 Å². The van der Waals surface area contributed by atoms with Crippen LogP contribution in [0.5, 0.6) is 0 Å². The van der Waals surface area contributed by atoms with Gasteiger partial charge >= 0.3 is 0 Å². The fourth-order valence-electron chi connectivity index (χ4n) is 2.01. The Labute approximate surface area is 125 Å². The van der Waals surface area contributed by atoms with E-state index in [-0.39, 0.29) is 5.75 Å². The van der Waals surface area contributed by atoms with E-state index in [1.54, 1.807) is 13.0 Å². The molecule has 1 aliphatic carbocycles. The number of furan rings is 1. The highest BCUT2D eigenvalue weighted by atomic mass is 127. The minimum atomic E-state index is -3.24. The first-order valence-electron chi connectivity index (χ1n) is 6.22. The van der Waals surface area contributed by atoms with Crippen LogP contribution in [-0.4, -0.2) is 14.2 Å². The number of benzene rings is 1. The van der Waals surface area contributed by atoms with E-state index in [1.165, 1.54) is 12.8 Å². The van der Waals surface area contributed by atoms with Crippen molar-refractivity contribution < 1.29 is 12.8 Å². The molecule has 0 unspecified atom stereocenters. The predicted octanol–water partition coefficient (Wildman–Crippen LogP) is 3.68. The van der Waals surface area contributed by atoms with Gasteiger partial charge in [-0.05, 0) is 60.6 Å². The number of hydrogen-bond acceptors (Lipinski definition) is 3. The molecule has 0 atom stereocenters. The topological polar surface area (TPSA) is 59.3 Å². The fraction of sp³-hybridized carbons (Fsp3) is 0.385. The van der Waals surface area contributed by atoms with Crippen LogP contribution in [0.3, 0.4) is 0 Å². The van der Waals surface area contributed by atoms with Gasteiger partial charge in [0, 0.05) is 11.3 Å². The highest BCUT2D eigenvalue weighted by Gasteiger charge is 2.27. The second-order valence-corrected chi connectivity index (χ2v) is 7.98. The van der Waals surface area contributed by atoms with Crippen molar-refractivity contribution in [2.75, 3.05) is 10.5 Å². The maximum Gasteiger partial charge on any atom is 0.232 e. The standard InChI is InChI=1S/C13H14INO3S/c1-2-19(16,17)15-10-5-9-6-12(8-3-4-8)18-13(9)11(14)7-10/h5-8,15H,2-4H2,1H3. The molecule has 1 saturated carbocycles. The lowest BCUT2D eigenvalue weighted by molar-refractivity contribution is 0.551. The van der Waals surface area contributed by atoms with E-state index >= 15 is 0 Å². The first-order chi connectivity index (χ1) is 8.98. The summed E-state index contributed by atoms with van der Waals surface area (Å²) in [5.74, 6) is 1.64. The van der Waals surface area contributed by atoms with E-state index in [0.717, 1.165) is 20.3 Å². The lowest BCUT2D eigenvalue weighted by Gasteiger charge is -2.06. The third-order valence-electron chi connectivity index (χ3n) is 3.22. The monoisotopic (exact) mass is 391 g/mol. The average molecular weight is 391 g/mol. The van der Waals surface area contributed by atoms with Crippen LogP contribution in [0.4, 0.5) is 5.69 Å². The van der Waals surface area contributed by atoms with Gasteiger partial charge in [0.15, 0.2) is 0 Å². The number of nitrogens with one attached hydrogen (secondary N) is 1. The zero-order chi connectivity index (χ0) is 13.6. The molecule has 0 aliphatic heterocycles. The summed E-state index contributed by atoms with van der Waals surface area (Å²) in [6, 6.07) is 5.66. The van der Waals surface area contributed by atoms with Crippen LogP contribution in [0.15, 0.2) is 22.6 Å². The van der Waals surface area contributed by atoms with Crippen molar-refractivity contribution in [3.05, 3.63) is 27.5 Å². The van der Waals surface area contributed by atoms with E-state index in [4.69, 9.17) is 4.42 Å². The number of sulfonamides is 1. The summed E-state index contributed by atoms with van der Waals surface area (Å²) < 4.78 is 32.6. The average Bonchev–Trinajstić information content (AvgIpc) is 3.09. The summed E-state index contributed by atoms with van der Waals surface area (Å²) in [5.41, 5.74) is 1.45. The maximum atomic E-state index is 11.6. The quantitative estimate of drug-likeness (QED) is 0.810. The minimum Gasteiger partial charge on any atom is -0.460 e. The number of halogens is 1. The number of anilines is 1. The summed E-state index contributed by atoms with van der Waals surface area (Å²) in [5, 5.41) is 0.961. The summed E-state index contributed by atoms with van der Waals surface area (Å²) in [6.45, 7) is 1.62. The van der Waals surface area contributed by atoms with Crippen LogP contribution in [-0.2, 0) is 10.0 Å². The molecule has 1 heterocycles. The van der Waals surface area contributed by atoms with Crippen molar-refractivity contribution in [2.45, 2.75) is 25.7 Å². The smallest absolute Gasteiger partial charge is 0.232 e. The molecule has 0 amide bonds. The molecule has 6 heteroatoms. The van der Waals surface area contributed by atoms with Gasteiger partial charge < -0.3 is 4.42 Å². The molecule has 1 fully saturated rings. The number of fused-ring (bicyclic) bond motifs is 1. The highest BCUT2D eigenvalue weighted by Crippen LogP contribution is 2.43. The molecule has 4 nitrogen and oxygen atoms in total. The van der Waals surface area contributed by atoms with Gasteiger partial charge in [0.25, 0.3) is 0 Å². The zero-order valence-corrected chi connectivity index (χ0v) is 13.4. The first-order valence-corrected chi connectivity index (χ1v) is 8.95. The molecule has 102 valence electrons. The molecule has 3 rings (SSSR count). The lowest BCUT2D eigenvalue weighted by atomic mass is 10.2. The minimum absolute atomic E-state index is 0.0698. The molecular weight excluding hydrogens is 377 g/mol. The van der Waals surface area contributed by atoms with Crippen molar-refractivity contribution in [1.29, 1.82) is 0 Å². The number of rotatable bonds is 4. The van der Waals surface area contributed by atoms with Crippen LogP contribution in [0, 0.1) is 3.57 Å². The summed E-state index contributed by atoms with van der Waals surface area (Å²) in [4.78, 5) is 0. The highest BCUT2D eigenvalue weighted by molar-refractivity contribution is 14.1. The van der Waals surface area contributed by atoms with Crippen molar-refractivity contribution in [1.82, 2.24) is 0 Å². The first kappa shape index (κ1) is 13.2. The molecule has 1 N–H and O–H groups in total. The van der Waals surface area contributed by atoms with Crippen LogP contribution in [0.1, 0.15) is 31.4 Å². The normalized spacial score (nSPS) is 15.9. The molecule has 0 saturated heterocycles. The summed E-state index contributed by atoms with van der Waals surface area (Å²) in [7, 11) is -3.24. The Balaban J connectivity index is 2.03. The Morgan fingerprint density at radius 2 is 2.11 bits per heavy atom. The fourth-order valence-corrected chi connectivity index (χ4v) is 3.39. The van der Waals surface area contributed by atoms with Gasteiger partial charge in [-0.15, -0.1) is 0 Å². The molecule has 0 radical (unpaired) electrons. The van der Waals surface area contributed by atoms with Crippen molar-refractivity contribution >= 4 is 49.3 Å². The summed E-state index contributed by atoms with van der Waals surface area (Å²) >= 11 is 2.18. The third-order valence-corrected chi connectivity index (χ3v) is 5.33. The Hall–Kier alpha value is -0.760. The Bertz CT molecular complexity index is 732. The molecular formula is C13H14INO3S. The maximum absolute atomic E-state index is 11.6. The van der Waals surface area contributed by atoms with Crippen molar-refractivity contribution in [3.8, 4) is 0 Å². The lowest BCUT2D eigenvalue weighted by Crippen LogP contribution is -2.14. The molecule has 19 heavy (non-hydrogen) atoms. The molecule has 1 aromatic carbocycles. The van der Waals surface area contributed by atoms with E-state index in [0.29, 0.717) is 11.6 Å². The molecule has 2 aromatic rings. The van der Waals surface area contributed by atoms with Gasteiger partial charge in [-0.25, -0.2) is 8.42 Å². The Morgan fingerprint density at radius 3 is 2.74 bits per heavy atom. The second kappa shape index (κ2) is 4.66. The van der Waals surface area contributed by atoms with Gasteiger partial charge in [0.05, 0.1) is 15.0 Å². The van der Waals surface area contributed by atoms with Gasteiger partial charge in [-0.2, -0.15) is 0 Å². The van der Waals surface area contributed by atoms with Crippen molar-refractivity contribution in [3.63, 3.8) is 0 Å². The summed E-state index contributed by atoms with van der Waals surface area (Å²) in [6.07, 6.45) is 2.37. The Kier molecular flexibility index (Phi) is 3.24. The molecule has 0 bridgehead atoms. The van der Waals surface area contributed by atoms with E-state index in [2.05, 4.69) is 27.3 Å². The van der Waals surface area contributed by atoms with Gasteiger partial charge in [-0.3, -0.25) is 4.72 Å². The largest absolute Gasteiger partial charge is 0.460 e. The van der Waals surface area contributed by atoms with Gasteiger partial charge in [-0.1, -0.05) is 0 Å². The Morgan fingerprint density at radius 1 is 1.37 bits per heavy atom. The van der Waals surface area contributed by atoms with Crippen molar-refractivity contribution in [2.24, 2.45) is 0 Å². The van der Waals surface area contributed by atoms with E-state index in [1.807, 2.05) is 12.1 Å². The van der Waals surface area contributed by atoms with E-state index in [9.17, 15) is 8.42 Å². The second-order valence-electron chi connectivity index (χ2n) is 4.80. The van der Waals surface area contributed by atoms with E-state index < -0.39 is 10.0 Å². The van der Waals surface area contributed by atoms with Crippen LogP contribution >= 0.6 is 22.6 Å². The SMILES string of the molecule is CCS(=O)(=O)Nc1cc(I)c2oc(C3CC3)cc2c1.